The molecule has 0 saturated heterocycles. The molecule has 3 aromatic rings. The molecule has 8 heteroatoms. The number of amides is 2. The van der Waals surface area contributed by atoms with E-state index in [1.165, 1.54) is 23.8 Å². The van der Waals surface area contributed by atoms with Crippen molar-refractivity contribution in [3.63, 3.8) is 0 Å². The Labute approximate surface area is 147 Å². The van der Waals surface area contributed by atoms with Crippen LogP contribution in [0.1, 0.15) is 21.6 Å². The number of carbonyl (C=O) groups excluding carboxylic acids is 2. The number of aliphatic hydroxyl groups excluding tert-OH is 1. The number of nitrogens with one attached hydrogen (secondary N) is 2. The number of hydrogen-bond donors (Lipinski definition) is 3. The Hall–Kier alpha value is -2.97. The zero-order valence-electron chi connectivity index (χ0n) is 13.0. The van der Waals surface area contributed by atoms with Gasteiger partial charge in [-0.25, -0.2) is 0 Å². The van der Waals surface area contributed by atoms with Crippen LogP contribution in [0.3, 0.4) is 0 Å². The van der Waals surface area contributed by atoms with Crippen LogP contribution < -0.4 is 10.6 Å². The highest BCUT2D eigenvalue weighted by atomic mass is 32.1. The molecule has 0 unspecified atom stereocenters. The van der Waals surface area contributed by atoms with E-state index in [4.69, 9.17) is 4.42 Å². The second kappa shape index (κ2) is 7.73. The average Bonchev–Trinajstić information content (AvgIpc) is 3.32. The lowest BCUT2D eigenvalue weighted by Crippen LogP contribution is -2.34. The molecule has 3 N–H and O–H groups in total. The van der Waals surface area contributed by atoms with Crippen LogP contribution in [0.5, 0.6) is 0 Å². The summed E-state index contributed by atoms with van der Waals surface area (Å²) in [6.07, 6.45) is 3.67. The Bertz CT molecular complexity index is 846. The van der Waals surface area contributed by atoms with Crippen molar-refractivity contribution >= 4 is 28.8 Å². The van der Waals surface area contributed by atoms with Gasteiger partial charge >= 0.3 is 11.8 Å². The normalized spacial score (nSPS) is 11.7. The summed E-state index contributed by atoms with van der Waals surface area (Å²) in [5.41, 5.74) is 0.447. The van der Waals surface area contributed by atoms with Crippen LogP contribution in [0.4, 0.5) is 5.69 Å². The third kappa shape index (κ3) is 4.31. The van der Waals surface area contributed by atoms with Gasteiger partial charge in [-0.1, -0.05) is 0 Å². The minimum atomic E-state index is -0.849. The van der Waals surface area contributed by atoms with Crippen LogP contribution >= 0.6 is 11.3 Å². The van der Waals surface area contributed by atoms with Crippen LogP contribution in [-0.4, -0.2) is 21.9 Å². The average molecular weight is 357 g/mol. The number of aromatic nitrogens is 1. The molecule has 0 aliphatic heterocycles. The van der Waals surface area contributed by atoms with Gasteiger partial charge in [-0.3, -0.25) is 14.6 Å². The highest BCUT2D eigenvalue weighted by Gasteiger charge is 2.17. The van der Waals surface area contributed by atoms with Crippen LogP contribution in [0, 0.1) is 0 Å². The van der Waals surface area contributed by atoms with Gasteiger partial charge in [-0.05, 0) is 36.4 Å². The molecule has 0 radical (unpaired) electrons. The van der Waals surface area contributed by atoms with Gasteiger partial charge < -0.3 is 20.2 Å². The van der Waals surface area contributed by atoms with E-state index in [0.29, 0.717) is 16.3 Å². The molecule has 0 bridgehead atoms. The number of furan rings is 1. The Balaban J connectivity index is 1.53. The number of anilines is 1. The van der Waals surface area contributed by atoms with Crippen molar-refractivity contribution < 1.29 is 19.1 Å². The first-order valence-corrected chi connectivity index (χ1v) is 8.24. The van der Waals surface area contributed by atoms with E-state index in [1.54, 1.807) is 42.6 Å². The van der Waals surface area contributed by atoms with E-state index in [-0.39, 0.29) is 6.54 Å². The topological polar surface area (TPSA) is 104 Å². The maximum Gasteiger partial charge on any atom is 0.313 e. The Kier molecular flexibility index (Phi) is 5.22. The van der Waals surface area contributed by atoms with Crippen molar-refractivity contribution in [1.82, 2.24) is 10.3 Å². The summed E-state index contributed by atoms with van der Waals surface area (Å²) in [7, 11) is 0. The monoisotopic (exact) mass is 357 g/mol. The zero-order chi connectivity index (χ0) is 17.6. The minimum absolute atomic E-state index is 0.189. The predicted molar refractivity (Wildman–Crippen MR) is 91.8 cm³/mol. The fourth-order valence-electron chi connectivity index (χ4n) is 2.10. The van der Waals surface area contributed by atoms with Gasteiger partial charge in [0.1, 0.15) is 11.9 Å². The first kappa shape index (κ1) is 16.9. The van der Waals surface area contributed by atoms with Crippen molar-refractivity contribution in [2.45, 2.75) is 12.6 Å². The molecule has 0 aliphatic carbocycles. The molecule has 0 fully saturated rings. The lowest BCUT2D eigenvalue weighted by atomic mass is 10.2. The number of carbonyl (C=O) groups is 2. The molecule has 0 spiro atoms. The third-order valence-corrected chi connectivity index (χ3v) is 4.45. The number of rotatable bonds is 5. The van der Waals surface area contributed by atoms with Gasteiger partial charge in [-0.2, -0.15) is 0 Å². The molecule has 0 aliphatic rings. The number of hydrogen-bond acceptors (Lipinski definition) is 6. The van der Waals surface area contributed by atoms with E-state index in [2.05, 4.69) is 15.6 Å². The quantitative estimate of drug-likeness (QED) is 0.607. The number of pyridine rings is 1. The van der Waals surface area contributed by atoms with E-state index >= 15 is 0 Å². The van der Waals surface area contributed by atoms with E-state index < -0.39 is 17.9 Å². The largest absolute Gasteiger partial charge is 0.466 e. The molecule has 0 saturated carbocycles. The molecule has 0 aromatic carbocycles. The smallest absolute Gasteiger partial charge is 0.313 e. The van der Waals surface area contributed by atoms with Crippen molar-refractivity contribution in [2.75, 3.05) is 5.32 Å². The Morgan fingerprint density at radius 2 is 2.08 bits per heavy atom. The maximum atomic E-state index is 11.8. The summed E-state index contributed by atoms with van der Waals surface area (Å²) < 4.78 is 5.17. The standard InChI is InChI=1S/C17H15N3O4S/c21-15(13-4-2-8-24-13)14-6-5-12(25-14)10-19-16(22)17(23)20-11-3-1-7-18-9-11/h1-9,15,21H,10H2,(H,19,22)(H,20,23)/t15-/m1/s1. The fraction of sp³-hybridized carbons (Fsp3) is 0.118. The number of nitrogens with zero attached hydrogens (tertiary/aromatic N) is 1. The number of aliphatic hydroxyl groups is 1. The molecule has 1 atom stereocenters. The fourth-order valence-corrected chi connectivity index (χ4v) is 3.04. The molecule has 7 nitrogen and oxygen atoms in total. The van der Waals surface area contributed by atoms with Gasteiger partial charge in [0.15, 0.2) is 0 Å². The second-order valence-corrected chi connectivity index (χ2v) is 6.30. The summed E-state index contributed by atoms with van der Waals surface area (Å²) in [5, 5.41) is 15.2. The van der Waals surface area contributed by atoms with Crippen LogP contribution in [0.2, 0.25) is 0 Å². The first-order chi connectivity index (χ1) is 12.1. The van der Waals surface area contributed by atoms with E-state index in [0.717, 1.165) is 4.88 Å². The van der Waals surface area contributed by atoms with Crippen molar-refractivity contribution in [2.24, 2.45) is 0 Å². The highest BCUT2D eigenvalue weighted by molar-refractivity contribution is 7.12. The van der Waals surface area contributed by atoms with Crippen LogP contribution in [0.25, 0.3) is 0 Å². The molecular formula is C17H15N3O4S. The highest BCUT2D eigenvalue weighted by Crippen LogP contribution is 2.28. The van der Waals surface area contributed by atoms with Crippen molar-refractivity contribution in [3.8, 4) is 0 Å². The van der Waals surface area contributed by atoms with Gasteiger partial charge in [0.05, 0.1) is 24.7 Å². The summed E-state index contributed by atoms with van der Waals surface area (Å²) in [5.74, 6) is -1.06. The molecule has 2 amide bonds. The Morgan fingerprint density at radius 3 is 2.80 bits per heavy atom. The van der Waals surface area contributed by atoms with E-state index in [1.807, 2.05) is 0 Å². The van der Waals surface area contributed by atoms with Crippen LogP contribution in [0.15, 0.2) is 59.5 Å². The summed E-state index contributed by atoms with van der Waals surface area (Å²) in [4.78, 5) is 29.0. The maximum absolute atomic E-state index is 11.8. The first-order valence-electron chi connectivity index (χ1n) is 7.43. The van der Waals surface area contributed by atoms with Gasteiger partial charge in [0, 0.05) is 16.0 Å². The Morgan fingerprint density at radius 1 is 1.20 bits per heavy atom. The molecular weight excluding hydrogens is 342 g/mol. The summed E-state index contributed by atoms with van der Waals surface area (Å²) in [6, 6.07) is 10.2. The SMILES string of the molecule is O=C(NCc1ccc([C@H](O)c2ccco2)s1)C(=O)Nc1cccnc1. The summed E-state index contributed by atoms with van der Waals surface area (Å²) in [6.45, 7) is 0.189. The molecule has 128 valence electrons. The lowest BCUT2D eigenvalue weighted by molar-refractivity contribution is -0.136. The predicted octanol–water partition coefficient (Wildman–Crippen LogP) is 2.07. The second-order valence-electron chi connectivity index (χ2n) is 5.10. The van der Waals surface area contributed by atoms with Crippen molar-refractivity contribution in [3.05, 3.63) is 70.6 Å². The minimum Gasteiger partial charge on any atom is -0.466 e. The lowest BCUT2D eigenvalue weighted by Gasteiger charge is -2.05. The summed E-state index contributed by atoms with van der Waals surface area (Å²) >= 11 is 1.33. The van der Waals surface area contributed by atoms with Crippen molar-refractivity contribution in [1.29, 1.82) is 0 Å². The zero-order valence-corrected chi connectivity index (χ0v) is 13.8. The number of thiophene rings is 1. The molecule has 3 aromatic heterocycles. The molecule has 3 heterocycles. The molecule has 25 heavy (non-hydrogen) atoms. The third-order valence-electron chi connectivity index (χ3n) is 3.31. The van der Waals surface area contributed by atoms with Gasteiger partial charge in [-0.15, -0.1) is 11.3 Å². The van der Waals surface area contributed by atoms with Gasteiger partial charge in [0.25, 0.3) is 0 Å². The van der Waals surface area contributed by atoms with Crippen LogP contribution in [-0.2, 0) is 16.1 Å². The molecule has 3 rings (SSSR count). The van der Waals surface area contributed by atoms with Gasteiger partial charge in [0.2, 0.25) is 0 Å². The van der Waals surface area contributed by atoms with E-state index in [9.17, 15) is 14.7 Å².